The SMILES string of the molecule is O=C=S(=O)(Nc1ccc(Cl)cc1C(=O)c1cccnc1)c1ccc(-c2cnco2)cc1. The first kappa shape index (κ1) is 20.6. The zero-order chi connectivity index (χ0) is 21.8. The molecule has 0 aliphatic heterocycles. The van der Waals surface area contributed by atoms with Gasteiger partial charge in [0.1, 0.15) is 0 Å². The van der Waals surface area contributed by atoms with Gasteiger partial charge in [0.25, 0.3) is 0 Å². The molecule has 9 heteroatoms. The molecule has 0 fully saturated rings. The van der Waals surface area contributed by atoms with Crippen LogP contribution in [0.2, 0.25) is 5.02 Å². The second-order valence-corrected chi connectivity index (χ2v) is 8.78. The van der Waals surface area contributed by atoms with Gasteiger partial charge in [-0.3, -0.25) is 14.5 Å². The first-order valence-corrected chi connectivity index (χ1v) is 10.9. The van der Waals surface area contributed by atoms with Crippen molar-refractivity contribution in [3.05, 3.63) is 95.7 Å². The summed E-state index contributed by atoms with van der Waals surface area (Å²) in [6.45, 7) is 0. The van der Waals surface area contributed by atoms with Crippen LogP contribution in [0.3, 0.4) is 0 Å². The van der Waals surface area contributed by atoms with E-state index in [0.717, 1.165) is 0 Å². The molecule has 0 saturated carbocycles. The van der Waals surface area contributed by atoms with Gasteiger partial charge in [-0.05, 0) is 54.6 Å². The summed E-state index contributed by atoms with van der Waals surface area (Å²) in [6.07, 6.45) is 5.80. The first-order chi connectivity index (χ1) is 15.0. The number of oxazole rings is 1. The van der Waals surface area contributed by atoms with Gasteiger partial charge in [-0.15, -0.1) is 0 Å². The zero-order valence-corrected chi connectivity index (χ0v) is 17.4. The molecule has 0 aliphatic rings. The van der Waals surface area contributed by atoms with E-state index in [-0.39, 0.29) is 21.9 Å². The van der Waals surface area contributed by atoms with Gasteiger partial charge in [0.05, 0.1) is 16.8 Å². The molecule has 0 spiro atoms. The van der Waals surface area contributed by atoms with Crippen molar-refractivity contribution in [3.63, 3.8) is 0 Å². The molecule has 4 rings (SSSR count). The number of carbonyl (C=O) groups is 1. The third kappa shape index (κ3) is 4.27. The van der Waals surface area contributed by atoms with Crippen LogP contribution in [0, 0.1) is 0 Å². The zero-order valence-electron chi connectivity index (χ0n) is 15.8. The molecule has 0 bridgehead atoms. The molecule has 2 aromatic carbocycles. The van der Waals surface area contributed by atoms with Crippen LogP contribution in [0.4, 0.5) is 5.69 Å². The monoisotopic (exact) mass is 451 g/mol. The van der Waals surface area contributed by atoms with Crippen LogP contribution >= 0.6 is 11.6 Å². The fourth-order valence-electron chi connectivity index (χ4n) is 2.90. The average Bonchev–Trinajstić information content (AvgIpc) is 3.35. The van der Waals surface area contributed by atoms with Crippen molar-refractivity contribution in [2.45, 2.75) is 4.90 Å². The van der Waals surface area contributed by atoms with Crippen molar-refractivity contribution in [2.24, 2.45) is 0 Å². The number of hydrogen-bond donors (Lipinski definition) is 1. The maximum absolute atomic E-state index is 13.4. The second-order valence-electron chi connectivity index (χ2n) is 6.39. The van der Waals surface area contributed by atoms with Crippen LogP contribution in [0.1, 0.15) is 15.9 Å². The minimum Gasteiger partial charge on any atom is -0.444 e. The molecule has 4 aromatic rings. The fraction of sp³-hybridized carbons (Fsp3) is 0. The Morgan fingerprint density at radius 3 is 2.52 bits per heavy atom. The molecule has 31 heavy (non-hydrogen) atoms. The summed E-state index contributed by atoms with van der Waals surface area (Å²) < 4.78 is 21.3. The van der Waals surface area contributed by atoms with E-state index in [4.69, 9.17) is 16.0 Å². The van der Waals surface area contributed by atoms with Crippen LogP contribution in [-0.2, 0) is 14.5 Å². The molecule has 0 aliphatic carbocycles. The van der Waals surface area contributed by atoms with E-state index in [9.17, 15) is 13.8 Å². The largest absolute Gasteiger partial charge is 0.444 e. The third-order valence-electron chi connectivity index (χ3n) is 4.42. The Labute approximate surface area is 182 Å². The number of rotatable bonds is 6. The van der Waals surface area contributed by atoms with Crippen molar-refractivity contribution in [1.29, 1.82) is 0 Å². The first-order valence-electron chi connectivity index (χ1n) is 8.94. The maximum atomic E-state index is 13.4. The van der Waals surface area contributed by atoms with Crippen LogP contribution in [0.5, 0.6) is 0 Å². The predicted molar refractivity (Wildman–Crippen MR) is 117 cm³/mol. The minimum absolute atomic E-state index is 0.154. The van der Waals surface area contributed by atoms with Gasteiger partial charge in [-0.1, -0.05) is 11.6 Å². The number of nitrogens with one attached hydrogen (secondary N) is 1. The van der Waals surface area contributed by atoms with E-state index in [1.54, 1.807) is 41.9 Å². The molecular formula is C22H14ClN3O4S. The Balaban J connectivity index is 1.71. The van der Waals surface area contributed by atoms with E-state index in [1.165, 1.54) is 42.9 Å². The summed E-state index contributed by atoms with van der Waals surface area (Å²) >= 11 is 6.08. The van der Waals surface area contributed by atoms with E-state index in [2.05, 4.69) is 14.7 Å². The number of pyridine rings is 1. The lowest BCUT2D eigenvalue weighted by Crippen LogP contribution is -2.16. The van der Waals surface area contributed by atoms with Crippen molar-refractivity contribution in [3.8, 4) is 11.3 Å². The number of ketones is 1. The Bertz CT molecular complexity index is 1370. The number of carbonyl (C=O) groups excluding carboxylic acids is 2. The van der Waals surface area contributed by atoms with Crippen molar-refractivity contribution in [1.82, 2.24) is 9.97 Å². The Hall–Kier alpha value is -3.71. The fourth-order valence-corrected chi connectivity index (χ4v) is 4.33. The standard InChI is InChI=1S/C22H14ClN3O4S/c23-17-5-8-20(19(10-17)22(28)16-2-1-9-24-11-16)26-31(29,14-27)18-6-3-15(4-7-18)21-12-25-13-30-21/h1-13H,(H,26,29). The van der Waals surface area contributed by atoms with Crippen molar-refractivity contribution < 1.29 is 18.2 Å². The van der Waals surface area contributed by atoms with Crippen molar-refractivity contribution in [2.75, 3.05) is 4.72 Å². The number of anilines is 1. The lowest BCUT2D eigenvalue weighted by atomic mass is 10.0. The Morgan fingerprint density at radius 1 is 1.06 bits per heavy atom. The molecule has 2 heterocycles. The van der Waals surface area contributed by atoms with Crippen LogP contribution < -0.4 is 4.72 Å². The topological polar surface area (TPSA) is 102 Å². The highest BCUT2D eigenvalue weighted by molar-refractivity contribution is 8.01. The van der Waals surface area contributed by atoms with Gasteiger partial charge < -0.3 is 4.42 Å². The molecule has 0 radical (unpaired) electrons. The highest BCUT2D eigenvalue weighted by Gasteiger charge is 2.19. The van der Waals surface area contributed by atoms with Crippen LogP contribution in [0.25, 0.3) is 11.3 Å². The third-order valence-corrected chi connectivity index (χ3v) is 6.34. The summed E-state index contributed by atoms with van der Waals surface area (Å²) in [4.78, 5) is 32.7. The molecule has 2 aromatic heterocycles. The molecule has 154 valence electrons. The lowest BCUT2D eigenvalue weighted by molar-refractivity contribution is 0.103. The highest BCUT2D eigenvalue weighted by atomic mass is 35.5. The van der Waals surface area contributed by atoms with E-state index >= 15 is 0 Å². The summed E-state index contributed by atoms with van der Waals surface area (Å²) in [6, 6.07) is 14.0. The average molecular weight is 452 g/mol. The van der Waals surface area contributed by atoms with Crippen molar-refractivity contribution >= 4 is 38.0 Å². The van der Waals surface area contributed by atoms with Gasteiger partial charge >= 0.3 is 0 Å². The molecule has 0 saturated heterocycles. The number of nitrogens with zero attached hydrogens (tertiary/aromatic N) is 2. The van der Waals surface area contributed by atoms with Crippen LogP contribution in [-0.4, -0.2) is 25.2 Å². The molecule has 1 N–H and O–H groups in total. The summed E-state index contributed by atoms with van der Waals surface area (Å²) in [5.41, 5.74) is 1.37. The Morgan fingerprint density at radius 2 is 1.87 bits per heavy atom. The molecule has 1 unspecified atom stereocenters. The number of benzene rings is 2. The number of halogens is 1. The molecule has 1 atom stereocenters. The maximum Gasteiger partial charge on any atom is 0.211 e. The van der Waals surface area contributed by atoms with Gasteiger partial charge in [-0.25, -0.2) is 14.0 Å². The van der Waals surface area contributed by atoms with Gasteiger partial charge in [-0.2, -0.15) is 0 Å². The second kappa shape index (κ2) is 8.57. The smallest absolute Gasteiger partial charge is 0.211 e. The van der Waals surface area contributed by atoms with E-state index < -0.39 is 9.71 Å². The van der Waals surface area contributed by atoms with Gasteiger partial charge in [0.2, 0.25) is 5.23 Å². The van der Waals surface area contributed by atoms with E-state index in [1.807, 2.05) is 0 Å². The summed E-state index contributed by atoms with van der Waals surface area (Å²) in [5, 5.41) is 1.91. The molecule has 7 nitrogen and oxygen atoms in total. The number of aromatic nitrogens is 2. The van der Waals surface area contributed by atoms with E-state index in [0.29, 0.717) is 21.9 Å². The minimum atomic E-state index is -3.51. The van der Waals surface area contributed by atoms with Gasteiger partial charge in [0.15, 0.2) is 27.6 Å². The molecular weight excluding hydrogens is 438 g/mol. The molecule has 0 amide bonds. The normalized spacial score (nSPS) is 12.5. The summed E-state index contributed by atoms with van der Waals surface area (Å²) in [5.74, 6) is 0.148. The summed E-state index contributed by atoms with van der Waals surface area (Å²) in [7, 11) is -3.51. The quantitative estimate of drug-likeness (QED) is 0.345. The Kier molecular flexibility index (Phi) is 5.68. The van der Waals surface area contributed by atoms with Crippen LogP contribution in [0.15, 0.2) is 88.9 Å². The van der Waals surface area contributed by atoms with Gasteiger partial charge in [0, 0.05) is 34.1 Å². The lowest BCUT2D eigenvalue weighted by Gasteiger charge is -2.15. The highest BCUT2D eigenvalue weighted by Crippen LogP contribution is 2.27. The number of hydrogen-bond acceptors (Lipinski definition) is 6. The predicted octanol–water partition coefficient (Wildman–Crippen LogP) is 4.36.